The van der Waals surface area contributed by atoms with E-state index in [1.54, 1.807) is 4.68 Å². The normalized spacial score (nSPS) is 42.9. The molecule has 2 bridgehead atoms. The molecule has 0 radical (unpaired) electrons. The second-order valence-corrected chi connectivity index (χ2v) is 21.5. The minimum Gasteiger partial charge on any atom is -0.481 e. The Bertz CT molecular complexity index is 1680. The van der Waals surface area contributed by atoms with Crippen LogP contribution in [0.1, 0.15) is 121 Å². The van der Waals surface area contributed by atoms with Crippen molar-refractivity contribution in [2.75, 3.05) is 19.8 Å². The quantitative estimate of drug-likeness (QED) is 0.263. The van der Waals surface area contributed by atoms with Crippen molar-refractivity contribution in [1.82, 2.24) is 14.8 Å². The molecule has 4 fully saturated rings. The molecule has 3 saturated carbocycles. The van der Waals surface area contributed by atoms with Gasteiger partial charge in [0.05, 0.1) is 37.9 Å². The molecule has 12 atom stereocenters. The van der Waals surface area contributed by atoms with Crippen molar-refractivity contribution in [1.29, 1.82) is 0 Å². The van der Waals surface area contributed by atoms with E-state index in [1.165, 1.54) is 11.9 Å². The maximum absolute atomic E-state index is 13.5. The number of ether oxygens (including phenoxy) is 2. The van der Waals surface area contributed by atoms with E-state index in [0.717, 1.165) is 25.7 Å². The monoisotopic (exact) mass is 731 g/mol. The van der Waals surface area contributed by atoms with E-state index in [0.29, 0.717) is 38.6 Å². The van der Waals surface area contributed by atoms with Crippen molar-refractivity contribution in [3.05, 3.63) is 18.0 Å². The van der Waals surface area contributed by atoms with Crippen molar-refractivity contribution in [2.24, 2.45) is 73.0 Å². The lowest BCUT2D eigenvalue weighted by Crippen LogP contribution is -2.69. The van der Waals surface area contributed by atoms with Gasteiger partial charge < -0.3 is 20.3 Å². The van der Waals surface area contributed by atoms with Crippen LogP contribution in [0.2, 0.25) is 0 Å². The number of sulfonamides is 1. The average molecular weight is 732 g/mol. The summed E-state index contributed by atoms with van der Waals surface area (Å²) < 4.78 is 40.0. The molecule has 1 aromatic heterocycles. The molecule has 5 aliphatic rings. The predicted octanol–water partition coefficient (Wildman–Crippen LogP) is 6.20. The molecule has 51 heavy (non-hydrogen) atoms. The summed E-state index contributed by atoms with van der Waals surface area (Å²) in [5.41, 5.74) is 5.62. The second kappa shape index (κ2) is 12.1. The highest BCUT2D eigenvalue weighted by molar-refractivity contribution is 7.89. The number of primary sulfonamides is 1. The summed E-state index contributed by atoms with van der Waals surface area (Å²) in [6.07, 6.45) is 8.63. The molecular weight excluding hydrogens is 667 g/mol. The number of carboxylic acids is 1. The second-order valence-electron chi connectivity index (χ2n) is 20.1. The molecule has 0 spiro atoms. The summed E-state index contributed by atoms with van der Waals surface area (Å²) in [7, 11) is -4.12. The first-order valence-electron chi connectivity index (χ1n) is 19.2. The topological polar surface area (TPSA) is 173 Å². The SMILES string of the molecule is CC(C)[C@@H](C)[C@@]1(C)CC[C@]2(C)[C@H]3CC[C@H]4C5(C)COC[C@@]4(C[C@@H](n4cnc(S(N)(=O)=O)n4)[C@@H]5OC[C@](C)(N)C(C)(C)C)C3=CC[C@@]2(C)[C@@H]1C(=O)O. The fourth-order valence-electron chi connectivity index (χ4n) is 12.2. The number of allylic oxidation sites excluding steroid dienone is 1. The van der Waals surface area contributed by atoms with Crippen LogP contribution in [0.4, 0.5) is 0 Å². The molecule has 11 nitrogen and oxygen atoms in total. The summed E-state index contributed by atoms with van der Waals surface area (Å²) in [5.74, 6) is -0.0673. The van der Waals surface area contributed by atoms with Crippen LogP contribution in [0.5, 0.6) is 0 Å². The van der Waals surface area contributed by atoms with E-state index in [-0.39, 0.29) is 51.6 Å². The average Bonchev–Trinajstić information content (AvgIpc) is 3.51. The van der Waals surface area contributed by atoms with Gasteiger partial charge in [0.2, 0.25) is 0 Å². The number of carboxylic acid groups (broad SMARTS) is 1. The number of nitrogens with two attached hydrogens (primary N) is 2. The largest absolute Gasteiger partial charge is 0.481 e. The van der Waals surface area contributed by atoms with E-state index >= 15 is 0 Å². The molecule has 0 aromatic carbocycles. The van der Waals surface area contributed by atoms with Crippen LogP contribution < -0.4 is 10.9 Å². The first-order valence-corrected chi connectivity index (χ1v) is 20.7. The highest BCUT2D eigenvalue weighted by atomic mass is 32.2. The fourth-order valence-corrected chi connectivity index (χ4v) is 12.6. The number of hydrogen-bond donors (Lipinski definition) is 3. The zero-order chi connectivity index (χ0) is 38.0. The van der Waals surface area contributed by atoms with Crippen molar-refractivity contribution in [2.45, 2.75) is 138 Å². The molecule has 12 heteroatoms. The molecule has 2 heterocycles. The lowest BCUT2D eigenvalue weighted by Gasteiger charge is -2.71. The standard InChI is InChI=1S/C39H65N5O6S/c1-23(2)24(3)34(7)16-17-36(9)25-12-13-28-35(8)19-49-21-39(28,26(25)14-15-37(36,10)29(34)31(45)46)18-27(44-22-42-32(43-44)51(41,47)48)30(35)50-20-38(11,40)33(4,5)6/h14,22-25,27-30H,12-13,15-21,40H2,1-11H3,(H,45,46)(H2,41,47,48)/t24-,25+,27-,28+,29-,30+,34-,35?,36-,37+,38+,39+/m1/s1. The number of aromatic nitrogens is 3. The summed E-state index contributed by atoms with van der Waals surface area (Å²) in [6.45, 7) is 25.5. The van der Waals surface area contributed by atoms with Gasteiger partial charge >= 0.3 is 5.97 Å². The van der Waals surface area contributed by atoms with Gasteiger partial charge in [0, 0.05) is 16.4 Å². The van der Waals surface area contributed by atoms with Crippen molar-refractivity contribution >= 4 is 16.0 Å². The molecular formula is C39H65N5O6S. The molecule has 1 aromatic rings. The Morgan fingerprint density at radius 1 is 1.10 bits per heavy atom. The molecule has 6 rings (SSSR count). The van der Waals surface area contributed by atoms with Gasteiger partial charge in [-0.2, -0.15) is 0 Å². The minimum atomic E-state index is -4.12. The maximum Gasteiger partial charge on any atom is 0.307 e. The van der Waals surface area contributed by atoms with Crippen LogP contribution >= 0.6 is 0 Å². The van der Waals surface area contributed by atoms with Crippen LogP contribution in [0, 0.1) is 62.1 Å². The van der Waals surface area contributed by atoms with Gasteiger partial charge in [-0.1, -0.05) is 80.9 Å². The van der Waals surface area contributed by atoms with Crippen LogP contribution in [-0.2, 0) is 24.3 Å². The number of nitrogens with zero attached hydrogens (tertiary/aromatic N) is 3. The summed E-state index contributed by atoms with van der Waals surface area (Å²) >= 11 is 0. The van der Waals surface area contributed by atoms with E-state index in [1.807, 2.05) is 6.92 Å². The maximum atomic E-state index is 13.5. The molecule has 288 valence electrons. The van der Waals surface area contributed by atoms with Gasteiger partial charge in [-0.15, -0.1) is 5.10 Å². The Morgan fingerprint density at radius 3 is 2.33 bits per heavy atom. The third-order valence-corrected chi connectivity index (χ3v) is 17.1. The van der Waals surface area contributed by atoms with E-state index in [4.69, 9.17) is 20.3 Å². The van der Waals surface area contributed by atoms with Gasteiger partial charge in [-0.25, -0.2) is 23.2 Å². The highest BCUT2D eigenvalue weighted by Gasteiger charge is 2.72. The van der Waals surface area contributed by atoms with Gasteiger partial charge in [-0.05, 0) is 90.8 Å². The summed E-state index contributed by atoms with van der Waals surface area (Å²) in [4.78, 5) is 17.6. The van der Waals surface area contributed by atoms with Crippen molar-refractivity contribution in [3.63, 3.8) is 0 Å². The molecule has 0 amide bonds. The number of carbonyl (C=O) groups is 1. The zero-order valence-corrected chi connectivity index (χ0v) is 33.8. The van der Waals surface area contributed by atoms with Crippen molar-refractivity contribution < 1.29 is 27.8 Å². The summed E-state index contributed by atoms with van der Waals surface area (Å²) in [6, 6.07) is -0.358. The number of rotatable bonds is 8. The molecule has 1 saturated heterocycles. The van der Waals surface area contributed by atoms with Gasteiger partial charge in [0.25, 0.3) is 15.2 Å². The first-order chi connectivity index (χ1) is 23.3. The third kappa shape index (κ3) is 5.53. The number of aliphatic carboxylic acids is 1. The minimum absolute atomic E-state index is 0.196. The van der Waals surface area contributed by atoms with E-state index < -0.39 is 43.4 Å². The fraction of sp³-hybridized carbons (Fsp3) is 0.872. The smallest absolute Gasteiger partial charge is 0.307 e. The van der Waals surface area contributed by atoms with Crippen LogP contribution in [0.25, 0.3) is 0 Å². The Hall–Kier alpha value is -1.86. The summed E-state index contributed by atoms with van der Waals surface area (Å²) in [5, 5.41) is 20.6. The lowest BCUT2D eigenvalue weighted by atomic mass is 9.34. The van der Waals surface area contributed by atoms with Crippen LogP contribution in [0.3, 0.4) is 0 Å². The highest BCUT2D eigenvalue weighted by Crippen LogP contribution is 2.75. The van der Waals surface area contributed by atoms with Crippen molar-refractivity contribution in [3.8, 4) is 0 Å². The zero-order valence-electron chi connectivity index (χ0n) is 33.0. The van der Waals surface area contributed by atoms with E-state index in [2.05, 4.69) is 85.4 Å². The Balaban J connectivity index is 1.47. The van der Waals surface area contributed by atoms with Gasteiger partial charge in [0.15, 0.2) is 0 Å². The number of fused-ring (bicyclic) bond motifs is 3. The molecule has 1 aliphatic heterocycles. The molecule has 5 N–H and O–H groups in total. The van der Waals surface area contributed by atoms with Gasteiger partial charge in [0.1, 0.15) is 6.33 Å². The van der Waals surface area contributed by atoms with Gasteiger partial charge in [-0.3, -0.25) is 4.79 Å². The molecule has 4 aliphatic carbocycles. The van der Waals surface area contributed by atoms with Crippen LogP contribution in [-0.4, -0.2) is 65.7 Å². The van der Waals surface area contributed by atoms with E-state index in [9.17, 15) is 18.3 Å². The lowest BCUT2D eigenvalue weighted by molar-refractivity contribution is -0.253. The predicted molar refractivity (Wildman–Crippen MR) is 196 cm³/mol. The third-order valence-electron chi connectivity index (χ3n) is 16.4. The molecule has 1 unspecified atom stereocenters. The number of hydrogen-bond acceptors (Lipinski definition) is 8. The Kier molecular flexibility index (Phi) is 9.20. The van der Waals surface area contributed by atoms with Crippen LogP contribution in [0.15, 0.2) is 23.1 Å². The first kappa shape index (κ1) is 38.9. The Labute approximate surface area is 306 Å². The Morgan fingerprint density at radius 2 is 1.76 bits per heavy atom.